The maximum atomic E-state index is 12.9. The van der Waals surface area contributed by atoms with Gasteiger partial charge >= 0.3 is 0 Å². The van der Waals surface area contributed by atoms with E-state index in [4.69, 9.17) is 14.2 Å². The highest BCUT2D eigenvalue weighted by Gasteiger charge is 2.48. The molecular formula is C24H35O4. The Kier molecular flexibility index (Phi) is 7.25. The molecule has 0 N–H and O–H groups in total. The summed E-state index contributed by atoms with van der Waals surface area (Å²) in [6.07, 6.45) is 15.6. The molecule has 0 aromatic heterocycles. The lowest BCUT2D eigenvalue weighted by molar-refractivity contribution is 0.171. The lowest BCUT2D eigenvalue weighted by Crippen LogP contribution is -2.45. The van der Waals surface area contributed by atoms with Gasteiger partial charge in [-0.2, -0.15) is 0 Å². The zero-order valence-corrected chi connectivity index (χ0v) is 17.7. The molecule has 0 bridgehead atoms. The Morgan fingerprint density at radius 1 is 0.750 bits per heavy atom. The minimum Gasteiger partial charge on any atom is -0.493 e. The fraction of sp³-hybridized carbons (Fsp3) is 0.708. The van der Waals surface area contributed by atoms with Crippen molar-refractivity contribution in [3.8, 4) is 17.2 Å². The molecule has 0 saturated heterocycles. The first-order valence-corrected chi connectivity index (χ1v) is 10.9. The highest BCUT2D eigenvalue weighted by Crippen LogP contribution is 2.52. The molecule has 1 aromatic carbocycles. The van der Waals surface area contributed by atoms with Crippen LogP contribution in [0.25, 0.3) is 0 Å². The number of methoxy groups -OCH3 is 3. The zero-order valence-electron chi connectivity index (χ0n) is 17.7. The van der Waals surface area contributed by atoms with E-state index in [1.54, 1.807) is 21.3 Å². The second kappa shape index (κ2) is 9.67. The summed E-state index contributed by atoms with van der Waals surface area (Å²) >= 11 is 0. The summed E-state index contributed by atoms with van der Waals surface area (Å²) in [5, 5.41) is 0. The van der Waals surface area contributed by atoms with Crippen LogP contribution in [-0.2, 0) is 10.2 Å². The molecule has 0 amide bonds. The Balaban J connectivity index is 2.16. The number of benzene rings is 1. The third kappa shape index (κ3) is 3.88. The fourth-order valence-electron chi connectivity index (χ4n) is 5.64. The molecule has 2 fully saturated rings. The van der Waals surface area contributed by atoms with Crippen LogP contribution >= 0.6 is 0 Å². The maximum Gasteiger partial charge on any atom is 0.210 e. The molecular weight excluding hydrogens is 352 g/mol. The summed E-state index contributed by atoms with van der Waals surface area (Å²) in [5.41, 5.74) is 0.410. The number of ether oxygens (including phenoxy) is 3. The van der Waals surface area contributed by atoms with E-state index >= 15 is 0 Å². The summed E-state index contributed by atoms with van der Waals surface area (Å²) in [6.45, 7) is 0. The van der Waals surface area contributed by atoms with E-state index in [0.29, 0.717) is 29.1 Å². The zero-order chi connectivity index (χ0) is 20.0. The molecule has 2 saturated carbocycles. The molecule has 28 heavy (non-hydrogen) atoms. The van der Waals surface area contributed by atoms with Gasteiger partial charge in [-0.15, -0.1) is 0 Å². The number of hydrogen-bond donors (Lipinski definition) is 0. The van der Waals surface area contributed by atoms with E-state index < -0.39 is 5.41 Å². The third-order valence-corrected chi connectivity index (χ3v) is 7.06. The normalized spacial score (nSPS) is 21.4. The molecule has 0 aliphatic heterocycles. The first-order valence-electron chi connectivity index (χ1n) is 10.9. The van der Waals surface area contributed by atoms with E-state index in [1.807, 2.05) is 12.1 Å². The van der Waals surface area contributed by atoms with Crippen molar-refractivity contribution in [2.24, 2.45) is 11.8 Å². The second-order valence-corrected chi connectivity index (χ2v) is 8.41. The molecule has 2 aliphatic carbocycles. The second-order valence-electron chi connectivity index (χ2n) is 8.41. The first-order chi connectivity index (χ1) is 13.7. The maximum absolute atomic E-state index is 12.9. The van der Waals surface area contributed by atoms with E-state index in [1.165, 1.54) is 44.9 Å². The van der Waals surface area contributed by atoms with Gasteiger partial charge in [0, 0.05) is 0 Å². The summed E-state index contributed by atoms with van der Waals surface area (Å²) in [6, 6.07) is 4.01. The topological polar surface area (TPSA) is 44.8 Å². The lowest BCUT2D eigenvalue weighted by atomic mass is 9.58. The first kappa shape index (κ1) is 21.0. The number of rotatable bonds is 7. The van der Waals surface area contributed by atoms with Gasteiger partial charge in [0.05, 0.1) is 26.7 Å². The van der Waals surface area contributed by atoms with E-state index in [2.05, 4.69) is 6.29 Å². The van der Waals surface area contributed by atoms with Crippen molar-refractivity contribution in [3.05, 3.63) is 17.7 Å². The predicted octanol–water partition coefficient (Wildman–Crippen LogP) is 5.61. The van der Waals surface area contributed by atoms with Gasteiger partial charge in [-0.05, 0) is 55.2 Å². The monoisotopic (exact) mass is 387 g/mol. The molecule has 155 valence electrons. The van der Waals surface area contributed by atoms with Crippen LogP contribution in [0, 0.1) is 11.8 Å². The summed E-state index contributed by atoms with van der Waals surface area (Å²) in [4.78, 5) is 12.9. The van der Waals surface area contributed by atoms with E-state index in [9.17, 15) is 4.79 Å². The smallest absolute Gasteiger partial charge is 0.210 e. The average molecular weight is 388 g/mol. The van der Waals surface area contributed by atoms with Crippen LogP contribution in [0.1, 0.15) is 76.2 Å². The Morgan fingerprint density at radius 3 is 1.54 bits per heavy atom. The van der Waals surface area contributed by atoms with Crippen LogP contribution < -0.4 is 14.2 Å². The third-order valence-electron chi connectivity index (χ3n) is 7.06. The van der Waals surface area contributed by atoms with Crippen molar-refractivity contribution in [1.82, 2.24) is 0 Å². The van der Waals surface area contributed by atoms with Crippen molar-refractivity contribution >= 4 is 6.29 Å². The quantitative estimate of drug-likeness (QED) is 0.570. The van der Waals surface area contributed by atoms with Crippen molar-refractivity contribution in [1.29, 1.82) is 0 Å². The number of carbonyl (C=O) groups excluding carboxylic acids is 1. The van der Waals surface area contributed by atoms with Crippen molar-refractivity contribution < 1.29 is 19.0 Å². The minimum atomic E-state index is -0.586. The van der Waals surface area contributed by atoms with Crippen molar-refractivity contribution in [2.75, 3.05) is 21.3 Å². The van der Waals surface area contributed by atoms with Crippen molar-refractivity contribution in [2.45, 2.75) is 76.0 Å². The van der Waals surface area contributed by atoms with E-state index in [-0.39, 0.29) is 0 Å². The average Bonchev–Trinajstić information content (AvgIpc) is 3.04. The van der Waals surface area contributed by atoms with Crippen LogP contribution in [-0.4, -0.2) is 27.6 Å². The van der Waals surface area contributed by atoms with Crippen LogP contribution in [0.3, 0.4) is 0 Å². The molecule has 1 atom stereocenters. The Morgan fingerprint density at radius 2 is 1.18 bits per heavy atom. The predicted molar refractivity (Wildman–Crippen MR) is 111 cm³/mol. The number of hydrogen-bond acceptors (Lipinski definition) is 4. The Labute approximate surface area is 169 Å². The van der Waals surface area contributed by atoms with Gasteiger partial charge in [-0.25, -0.2) is 0 Å². The van der Waals surface area contributed by atoms with Crippen LogP contribution in [0.4, 0.5) is 0 Å². The van der Waals surface area contributed by atoms with Gasteiger partial charge in [0.25, 0.3) is 0 Å². The SMILES string of the molecule is COc1cc([C@@]([C]=O)(C2CCCCCC2)C2CCCCC2)cc(OC)c1OC. The molecule has 0 heterocycles. The molecule has 4 heteroatoms. The van der Waals surface area contributed by atoms with Crippen LogP contribution in [0.15, 0.2) is 12.1 Å². The van der Waals surface area contributed by atoms with Gasteiger partial charge in [0.1, 0.15) is 0 Å². The van der Waals surface area contributed by atoms with Gasteiger partial charge in [0.2, 0.25) is 12.0 Å². The standard InChI is InChI=1S/C24H35O4/c1-26-21-15-20(16-22(27-2)23(21)28-3)24(17-25,19-13-9-6-10-14-19)18-11-7-4-5-8-12-18/h15-16,18-19H,4-14H2,1-3H3/t24-/m0/s1. The molecule has 1 radical (unpaired) electrons. The van der Waals surface area contributed by atoms with Crippen LogP contribution in [0.5, 0.6) is 17.2 Å². The summed E-state index contributed by atoms with van der Waals surface area (Å²) in [7, 11) is 4.89. The lowest BCUT2D eigenvalue weighted by Gasteiger charge is -2.44. The van der Waals surface area contributed by atoms with Gasteiger partial charge in [-0.1, -0.05) is 44.9 Å². The molecule has 1 aromatic rings. The largest absolute Gasteiger partial charge is 0.493 e. The van der Waals surface area contributed by atoms with Gasteiger partial charge < -0.3 is 14.2 Å². The van der Waals surface area contributed by atoms with E-state index in [0.717, 1.165) is 31.2 Å². The molecule has 0 unspecified atom stereocenters. The molecule has 2 aliphatic rings. The highest BCUT2D eigenvalue weighted by molar-refractivity contribution is 5.73. The minimum absolute atomic E-state index is 0.332. The Hall–Kier alpha value is -1.71. The van der Waals surface area contributed by atoms with Crippen LogP contribution in [0.2, 0.25) is 0 Å². The van der Waals surface area contributed by atoms with Gasteiger partial charge in [-0.3, -0.25) is 4.79 Å². The highest BCUT2D eigenvalue weighted by atomic mass is 16.5. The van der Waals surface area contributed by atoms with Crippen molar-refractivity contribution in [3.63, 3.8) is 0 Å². The fourth-order valence-corrected chi connectivity index (χ4v) is 5.64. The molecule has 4 nitrogen and oxygen atoms in total. The van der Waals surface area contributed by atoms with Gasteiger partial charge in [0.15, 0.2) is 11.5 Å². The molecule has 3 rings (SSSR count). The Bertz CT molecular complexity index is 617. The summed E-state index contributed by atoms with van der Waals surface area (Å²) in [5.74, 6) is 2.50. The molecule has 0 spiro atoms. The summed E-state index contributed by atoms with van der Waals surface area (Å²) < 4.78 is 16.8.